The molecule has 1 amide bonds. The molecule has 0 aliphatic carbocycles. The van der Waals surface area contributed by atoms with E-state index >= 15 is 0 Å². The number of thiophene rings is 2. The van der Waals surface area contributed by atoms with Crippen LogP contribution in [0.1, 0.15) is 25.7 Å². The van der Waals surface area contributed by atoms with Crippen molar-refractivity contribution < 1.29 is 14.3 Å². The van der Waals surface area contributed by atoms with Crippen molar-refractivity contribution in [2.75, 3.05) is 18.2 Å². The van der Waals surface area contributed by atoms with Gasteiger partial charge in [0.2, 0.25) is 5.91 Å². The van der Waals surface area contributed by atoms with Gasteiger partial charge in [0.1, 0.15) is 5.00 Å². The van der Waals surface area contributed by atoms with E-state index in [0.717, 1.165) is 21.8 Å². The SMILES string of the molecule is COC(=O)c1c(NC(=O)CSc2nnc(-c3csc(C)c3)n2C)sc(C)c1C. The molecule has 3 aromatic heterocycles. The number of hydrogen-bond donors (Lipinski definition) is 1. The van der Waals surface area contributed by atoms with Crippen molar-refractivity contribution in [3.8, 4) is 11.4 Å². The molecule has 0 spiro atoms. The Bertz CT molecular complexity index is 1040. The van der Waals surface area contributed by atoms with Crippen LogP contribution in [-0.4, -0.2) is 39.5 Å². The lowest BCUT2D eigenvalue weighted by atomic mass is 10.1. The molecule has 28 heavy (non-hydrogen) atoms. The zero-order valence-corrected chi connectivity index (χ0v) is 18.6. The minimum absolute atomic E-state index is 0.158. The van der Waals surface area contributed by atoms with E-state index in [-0.39, 0.29) is 11.7 Å². The van der Waals surface area contributed by atoms with Crippen LogP contribution in [0.4, 0.5) is 5.00 Å². The van der Waals surface area contributed by atoms with E-state index in [2.05, 4.69) is 21.6 Å². The van der Waals surface area contributed by atoms with Crippen molar-refractivity contribution in [2.45, 2.75) is 25.9 Å². The van der Waals surface area contributed by atoms with Crippen LogP contribution >= 0.6 is 34.4 Å². The van der Waals surface area contributed by atoms with Crippen LogP contribution in [0.15, 0.2) is 16.6 Å². The standard InChI is InChI=1S/C18H20N4O3S3/c1-9-6-12(7-26-9)15-20-21-18(22(15)4)27-8-13(23)19-16-14(17(24)25-5)10(2)11(3)28-16/h6-7H,8H2,1-5H3,(H,19,23). The number of hydrogen-bond acceptors (Lipinski definition) is 8. The largest absolute Gasteiger partial charge is 0.465 e. The van der Waals surface area contributed by atoms with Crippen LogP contribution in [0.25, 0.3) is 11.4 Å². The number of carbonyl (C=O) groups excluding carboxylic acids is 2. The maximum absolute atomic E-state index is 12.4. The van der Waals surface area contributed by atoms with Gasteiger partial charge in [-0.2, -0.15) is 0 Å². The fourth-order valence-electron chi connectivity index (χ4n) is 2.61. The summed E-state index contributed by atoms with van der Waals surface area (Å²) in [6.07, 6.45) is 0. The van der Waals surface area contributed by atoms with Gasteiger partial charge in [-0.1, -0.05) is 11.8 Å². The molecule has 148 valence electrons. The molecule has 3 aromatic rings. The summed E-state index contributed by atoms with van der Waals surface area (Å²) in [6, 6.07) is 2.06. The number of anilines is 1. The summed E-state index contributed by atoms with van der Waals surface area (Å²) in [7, 11) is 3.21. The Morgan fingerprint density at radius 3 is 2.68 bits per heavy atom. The monoisotopic (exact) mass is 436 g/mol. The first kappa shape index (κ1) is 20.6. The molecule has 7 nitrogen and oxygen atoms in total. The lowest BCUT2D eigenvalue weighted by molar-refractivity contribution is -0.113. The number of amides is 1. The van der Waals surface area contributed by atoms with Gasteiger partial charge >= 0.3 is 5.97 Å². The minimum Gasteiger partial charge on any atom is -0.465 e. The summed E-state index contributed by atoms with van der Waals surface area (Å²) in [6.45, 7) is 5.79. The average Bonchev–Trinajstić information content (AvgIpc) is 3.31. The molecule has 3 heterocycles. The molecule has 1 N–H and O–H groups in total. The topological polar surface area (TPSA) is 86.1 Å². The van der Waals surface area contributed by atoms with Crippen molar-refractivity contribution in [3.05, 3.63) is 32.3 Å². The van der Waals surface area contributed by atoms with Gasteiger partial charge in [0.15, 0.2) is 11.0 Å². The van der Waals surface area contributed by atoms with Crippen LogP contribution in [0, 0.1) is 20.8 Å². The summed E-state index contributed by atoms with van der Waals surface area (Å²) in [5.41, 5.74) is 2.25. The highest BCUT2D eigenvalue weighted by atomic mass is 32.2. The molecule has 3 rings (SSSR count). The Hall–Kier alpha value is -2.17. The highest BCUT2D eigenvalue weighted by Crippen LogP contribution is 2.33. The van der Waals surface area contributed by atoms with Gasteiger partial charge in [-0.25, -0.2) is 4.79 Å². The molecule has 0 bridgehead atoms. The summed E-state index contributed by atoms with van der Waals surface area (Å²) in [5, 5.41) is 14.4. The molecule has 0 aliphatic heterocycles. The minimum atomic E-state index is -0.450. The number of esters is 1. The molecule has 0 saturated heterocycles. The molecule has 10 heteroatoms. The first-order valence-corrected chi connectivity index (χ1v) is 11.1. The van der Waals surface area contributed by atoms with E-state index in [4.69, 9.17) is 4.74 Å². The first-order chi connectivity index (χ1) is 13.3. The van der Waals surface area contributed by atoms with E-state index in [1.807, 2.05) is 37.8 Å². The molecule has 0 unspecified atom stereocenters. The van der Waals surface area contributed by atoms with Crippen molar-refractivity contribution in [2.24, 2.45) is 7.05 Å². The van der Waals surface area contributed by atoms with Gasteiger partial charge < -0.3 is 14.6 Å². The molecule has 0 fully saturated rings. The average molecular weight is 437 g/mol. The van der Waals surface area contributed by atoms with Crippen LogP contribution in [-0.2, 0) is 16.6 Å². The Morgan fingerprint density at radius 2 is 2.04 bits per heavy atom. The van der Waals surface area contributed by atoms with E-state index in [1.165, 1.54) is 35.1 Å². The number of aryl methyl sites for hydroxylation is 2. The van der Waals surface area contributed by atoms with Gasteiger partial charge in [-0.3, -0.25) is 4.79 Å². The highest BCUT2D eigenvalue weighted by molar-refractivity contribution is 7.99. The smallest absolute Gasteiger partial charge is 0.341 e. The summed E-state index contributed by atoms with van der Waals surface area (Å²) < 4.78 is 6.71. The van der Waals surface area contributed by atoms with Gasteiger partial charge in [-0.05, 0) is 32.4 Å². The third-order valence-corrected chi connectivity index (χ3v) is 7.19. The molecule has 0 saturated carbocycles. The molecule has 0 aromatic carbocycles. The Labute approximate surface area is 175 Å². The second-order valence-electron chi connectivity index (χ2n) is 6.13. The lowest BCUT2D eigenvalue weighted by Gasteiger charge is -2.06. The van der Waals surface area contributed by atoms with Gasteiger partial charge in [-0.15, -0.1) is 32.9 Å². The number of carbonyl (C=O) groups is 2. The zero-order chi connectivity index (χ0) is 20.4. The number of nitrogens with one attached hydrogen (secondary N) is 1. The van der Waals surface area contributed by atoms with Crippen molar-refractivity contribution >= 4 is 51.3 Å². The second kappa shape index (κ2) is 8.46. The van der Waals surface area contributed by atoms with E-state index in [9.17, 15) is 9.59 Å². The van der Waals surface area contributed by atoms with Crippen molar-refractivity contribution in [1.82, 2.24) is 14.8 Å². The third kappa shape index (κ3) is 4.13. The van der Waals surface area contributed by atoms with Crippen molar-refractivity contribution in [3.63, 3.8) is 0 Å². The van der Waals surface area contributed by atoms with Crippen LogP contribution in [0.2, 0.25) is 0 Å². The number of nitrogens with zero attached hydrogens (tertiary/aromatic N) is 3. The van der Waals surface area contributed by atoms with E-state index in [1.54, 1.807) is 11.3 Å². The van der Waals surface area contributed by atoms with Crippen molar-refractivity contribution in [1.29, 1.82) is 0 Å². The number of methoxy groups -OCH3 is 1. The molecule has 0 aliphatic rings. The normalized spacial score (nSPS) is 10.9. The number of thioether (sulfide) groups is 1. The Kier molecular flexibility index (Phi) is 6.21. The van der Waals surface area contributed by atoms with Crippen LogP contribution < -0.4 is 5.32 Å². The van der Waals surface area contributed by atoms with E-state index < -0.39 is 5.97 Å². The number of aromatic nitrogens is 3. The zero-order valence-electron chi connectivity index (χ0n) is 16.2. The Morgan fingerprint density at radius 1 is 1.29 bits per heavy atom. The fraction of sp³-hybridized carbons (Fsp3) is 0.333. The van der Waals surface area contributed by atoms with Gasteiger partial charge in [0, 0.05) is 27.7 Å². The maximum Gasteiger partial charge on any atom is 0.341 e. The predicted molar refractivity (Wildman–Crippen MR) is 114 cm³/mol. The predicted octanol–water partition coefficient (Wildman–Crippen LogP) is 4.05. The molecular weight excluding hydrogens is 416 g/mol. The summed E-state index contributed by atoms with van der Waals surface area (Å²) in [4.78, 5) is 26.6. The second-order valence-corrected chi connectivity index (χ2v) is 9.41. The van der Waals surface area contributed by atoms with E-state index in [0.29, 0.717) is 15.7 Å². The number of ether oxygens (including phenoxy) is 1. The third-order valence-electron chi connectivity index (χ3n) is 4.18. The molecule has 0 atom stereocenters. The van der Waals surface area contributed by atoms with Crippen LogP contribution in [0.5, 0.6) is 0 Å². The molecule has 0 radical (unpaired) electrons. The van der Waals surface area contributed by atoms with Crippen LogP contribution in [0.3, 0.4) is 0 Å². The highest BCUT2D eigenvalue weighted by Gasteiger charge is 2.22. The van der Waals surface area contributed by atoms with Gasteiger partial charge in [0.05, 0.1) is 18.4 Å². The fourth-order valence-corrected chi connectivity index (χ4v) is 5.07. The summed E-state index contributed by atoms with van der Waals surface area (Å²) >= 11 is 4.32. The lowest BCUT2D eigenvalue weighted by Crippen LogP contribution is -2.16. The van der Waals surface area contributed by atoms with Gasteiger partial charge in [0.25, 0.3) is 0 Å². The number of rotatable bonds is 6. The Balaban J connectivity index is 1.68. The molecular formula is C18H20N4O3S3. The quantitative estimate of drug-likeness (QED) is 0.463. The summed E-state index contributed by atoms with van der Waals surface area (Å²) in [5.74, 6) is 0.261. The first-order valence-electron chi connectivity index (χ1n) is 8.37. The maximum atomic E-state index is 12.4.